The smallest absolute Gasteiger partial charge is 0.193 e. The first-order valence-electron chi connectivity index (χ1n) is 11.5. The Labute approximate surface area is 196 Å². The molecular weight excluding hydrogens is 479 g/mol. The van der Waals surface area contributed by atoms with E-state index in [0.29, 0.717) is 12.2 Å². The van der Waals surface area contributed by atoms with E-state index in [1.54, 1.807) is 0 Å². The van der Waals surface area contributed by atoms with Gasteiger partial charge >= 0.3 is 0 Å². The third kappa shape index (κ3) is 11.7. The molecule has 2 heterocycles. The summed E-state index contributed by atoms with van der Waals surface area (Å²) in [5.74, 6) is 1.06. The molecule has 172 valence electrons. The average molecular weight is 525 g/mol. The maximum absolute atomic E-state index is 6.13. The van der Waals surface area contributed by atoms with Gasteiger partial charge in [0.1, 0.15) is 0 Å². The van der Waals surface area contributed by atoms with Crippen molar-refractivity contribution in [1.82, 2.24) is 15.1 Å². The fraction of sp³-hybridized carbons (Fsp3) is 0.955. The second-order valence-corrected chi connectivity index (χ2v) is 8.55. The highest BCUT2D eigenvalue weighted by molar-refractivity contribution is 14.0. The molecule has 2 rings (SSSR count). The molecule has 0 amide bonds. The molecule has 0 aliphatic carbocycles. The van der Waals surface area contributed by atoms with Gasteiger partial charge in [-0.2, -0.15) is 0 Å². The molecule has 7 heteroatoms. The van der Waals surface area contributed by atoms with Gasteiger partial charge in [0.25, 0.3) is 0 Å². The number of nitrogens with zero attached hydrogens (tertiary/aromatic N) is 3. The van der Waals surface area contributed by atoms with Crippen LogP contribution >= 0.6 is 24.0 Å². The van der Waals surface area contributed by atoms with Crippen molar-refractivity contribution in [2.75, 3.05) is 60.5 Å². The van der Waals surface area contributed by atoms with Crippen LogP contribution in [0.3, 0.4) is 0 Å². The largest absolute Gasteiger partial charge is 0.376 e. The molecule has 0 saturated carbocycles. The number of hydrogen-bond acceptors (Lipinski definition) is 4. The number of piperidine rings is 1. The van der Waals surface area contributed by atoms with Gasteiger partial charge in [-0.15, -0.1) is 24.0 Å². The van der Waals surface area contributed by atoms with Crippen LogP contribution in [0.25, 0.3) is 0 Å². The van der Waals surface area contributed by atoms with Crippen LogP contribution in [-0.4, -0.2) is 88.5 Å². The number of unbranched alkanes of at least 4 members (excludes halogenated alkanes) is 4. The van der Waals surface area contributed by atoms with Gasteiger partial charge in [0.15, 0.2) is 5.96 Å². The summed E-state index contributed by atoms with van der Waals surface area (Å²) in [5, 5.41) is 3.55. The van der Waals surface area contributed by atoms with E-state index in [1.165, 1.54) is 51.5 Å². The lowest BCUT2D eigenvalue weighted by molar-refractivity contribution is -0.0721. The molecule has 1 atom stereocenters. The van der Waals surface area contributed by atoms with Gasteiger partial charge < -0.3 is 24.6 Å². The summed E-state index contributed by atoms with van der Waals surface area (Å²) < 4.78 is 11.9. The number of aliphatic imine (C=N–C) groups is 1. The second kappa shape index (κ2) is 16.6. The summed E-state index contributed by atoms with van der Waals surface area (Å²) in [7, 11) is 6.19. The van der Waals surface area contributed by atoms with Crippen LogP contribution in [0.2, 0.25) is 0 Å². The second-order valence-electron chi connectivity index (χ2n) is 8.55. The number of hydrogen-bond donors (Lipinski definition) is 1. The number of likely N-dealkylation sites (tertiary alicyclic amines) is 1. The fourth-order valence-electron chi connectivity index (χ4n) is 4.03. The molecule has 0 aromatic carbocycles. The Hall–Kier alpha value is -0.120. The van der Waals surface area contributed by atoms with E-state index >= 15 is 0 Å². The molecule has 0 aromatic heterocycles. The summed E-state index contributed by atoms with van der Waals surface area (Å²) in [6, 6.07) is 0. The minimum atomic E-state index is 0. The van der Waals surface area contributed by atoms with Crippen LogP contribution in [0.4, 0.5) is 0 Å². The minimum absolute atomic E-state index is 0. The Morgan fingerprint density at radius 1 is 1.07 bits per heavy atom. The first-order valence-corrected chi connectivity index (χ1v) is 11.5. The third-order valence-corrected chi connectivity index (χ3v) is 5.81. The monoisotopic (exact) mass is 524 g/mol. The Kier molecular flexibility index (Phi) is 15.4. The molecule has 0 spiro atoms. The van der Waals surface area contributed by atoms with E-state index in [1.807, 2.05) is 7.05 Å². The first kappa shape index (κ1) is 26.9. The van der Waals surface area contributed by atoms with Crippen molar-refractivity contribution in [3.8, 4) is 0 Å². The summed E-state index contributed by atoms with van der Waals surface area (Å²) >= 11 is 0. The third-order valence-electron chi connectivity index (χ3n) is 5.81. The predicted octanol–water partition coefficient (Wildman–Crippen LogP) is 3.74. The molecule has 2 saturated heterocycles. The van der Waals surface area contributed by atoms with Crippen LogP contribution in [0.5, 0.6) is 0 Å². The summed E-state index contributed by atoms with van der Waals surface area (Å²) in [6.45, 7) is 5.96. The molecule has 2 aliphatic rings. The van der Waals surface area contributed by atoms with E-state index < -0.39 is 0 Å². The zero-order valence-electron chi connectivity index (χ0n) is 19.0. The highest BCUT2D eigenvalue weighted by Crippen LogP contribution is 2.18. The Morgan fingerprint density at radius 3 is 2.45 bits per heavy atom. The molecule has 6 nitrogen and oxygen atoms in total. The molecule has 0 bridgehead atoms. The highest BCUT2D eigenvalue weighted by atomic mass is 127. The van der Waals surface area contributed by atoms with Crippen molar-refractivity contribution in [1.29, 1.82) is 0 Å². The normalized spacial score (nSPS) is 21.3. The van der Waals surface area contributed by atoms with Crippen molar-refractivity contribution in [3.05, 3.63) is 0 Å². The van der Waals surface area contributed by atoms with Crippen LogP contribution in [0.1, 0.15) is 64.2 Å². The molecule has 0 radical (unpaired) electrons. The standard InChI is InChI=1S/C22H44N4O2.HI/c1-23-22(24-14-8-5-4-6-9-15-25(2)3)26-16-12-20(13-17-26)28-19-21-11-7-10-18-27-21;/h20-21H,4-19H2,1-3H3,(H,23,24);1H. The van der Waals surface area contributed by atoms with Crippen molar-refractivity contribution in [2.45, 2.75) is 76.4 Å². The van der Waals surface area contributed by atoms with Crippen molar-refractivity contribution in [2.24, 2.45) is 4.99 Å². The number of rotatable bonds is 11. The average Bonchev–Trinajstić information content (AvgIpc) is 2.72. The topological polar surface area (TPSA) is 49.3 Å². The molecule has 2 fully saturated rings. The first-order chi connectivity index (χ1) is 13.7. The zero-order chi connectivity index (χ0) is 20.0. The summed E-state index contributed by atoms with van der Waals surface area (Å²) in [6.07, 6.45) is 13.0. The number of guanidine groups is 1. The van der Waals surface area contributed by atoms with Crippen LogP contribution in [0, 0.1) is 0 Å². The van der Waals surface area contributed by atoms with E-state index in [2.05, 4.69) is 34.2 Å². The van der Waals surface area contributed by atoms with E-state index in [4.69, 9.17) is 9.47 Å². The molecule has 0 aromatic rings. The lowest BCUT2D eigenvalue weighted by atomic mass is 10.1. The van der Waals surface area contributed by atoms with Crippen LogP contribution < -0.4 is 5.32 Å². The maximum atomic E-state index is 6.13. The van der Waals surface area contributed by atoms with Crippen LogP contribution in [-0.2, 0) is 9.47 Å². The van der Waals surface area contributed by atoms with Gasteiger partial charge in [-0.1, -0.05) is 19.3 Å². The van der Waals surface area contributed by atoms with Crippen molar-refractivity contribution >= 4 is 29.9 Å². The molecule has 1 unspecified atom stereocenters. The van der Waals surface area contributed by atoms with Gasteiger partial charge in [-0.25, -0.2) is 0 Å². The summed E-state index contributed by atoms with van der Waals surface area (Å²) in [5.41, 5.74) is 0. The van der Waals surface area contributed by atoms with E-state index in [0.717, 1.165) is 58.1 Å². The van der Waals surface area contributed by atoms with Crippen molar-refractivity contribution < 1.29 is 9.47 Å². The number of nitrogens with one attached hydrogen (secondary N) is 1. The zero-order valence-corrected chi connectivity index (χ0v) is 21.4. The highest BCUT2D eigenvalue weighted by Gasteiger charge is 2.23. The van der Waals surface area contributed by atoms with Gasteiger partial charge in [-0.3, -0.25) is 4.99 Å². The van der Waals surface area contributed by atoms with Gasteiger partial charge in [-0.05, 0) is 65.6 Å². The Balaban J connectivity index is 0.00000420. The number of ether oxygens (including phenoxy) is 2. The molecule has 29 heavy (non-hydrogen) atoms. The maximum Gasteiger partial charge on any atom is 0.193 e. The minimum Gasteiger partial charge on any atom is -0.376 e. The van der Waals surface area contributed by atoms with Crippen LogP contribution in [0.15, 0.2) is 4.99 Å². The predicted molar refractivity (Wildman–Crippen MR) is 133 cm³/mol. The van der Waals surface area contributed by atoms with E-state index in [-0.39, 0.29) is 24.0 Å². The fourth-order valence-corrected chi connectivity index (χ4v) is 4.03. The van der Waals surface area contributed by atoms with E-state index in [9.17, 15) is 0 Å². The lowest BCUT2D eigenvalue weighted by Crippen LogP contribution is -2.47. The van der Waals surface area contributed by atoms with Crippen molar-refractivity contribution in [3.63, 3.8) is 0 Å². The Bertz CT molecular complexity index is 423. The quantitative estimate of drug-likeness (QED) is 0.193. The van der Waals surface area contributed by atoms with Gasteiger partial charge in [0.2, 0.25) is 0 Å². The Morgan fingerprint density at radius 2 is 1.79 bits per heavy atom. The molecular formula is C22H45IN4O2. The van der Waals surface area contributed by atoms with Gasteiger partial charge in [0.05, 0.1) is 18.8 Å². The summed E-state index contributed by atoms with van der Waals surface area (Å²) in [4.78, 5) is 9.14. The SMILES string of the molecule is CN=C(NCCCCCCCN(C)C)N1CCC(OCC2CCCCO2)CC1.I. The molecule has 1 N–H and O–H groups in total. The molecule has 2 aliphatic heterocycles. The lowest BCUT2D eigenvalue weighted by Gasteiger charge is -2.35. The number of halogens is 1. The van der Waals surface area contributed by atoms with Gasteiger partial charge in [0, 0.05) is 33.3 Å².